The summed E-state index contributed by atoms with van der Waals surface area (Å²) in [5, 5.41) is 13.2. The zero-order chi connectivity index (χ0) is 13.9. The summed E-state index contributed by atoms with van der Waals surface area (Å²) >= 11 is 0. The van der Waals surface area contributed by atoms with E-state index in [4.69, 9.17) is 0 Å². The molecule has 0 saturated carbocycles. The minimum absolute atomic E-state index is 0.585. The van der Waals surface area contributed by atoms with E-state index in [2.05, 4.69) is 44.2 Å². The van der Waals surface area contributed by atoms with Crippen molar-refractivity contribution < 1.29 is 5.11 Å². The van der Waals surface area contributed by atoms with Crippen molar-refractivity contribution in [2.24, 2.45) is 5.92 Å². The highest BCUT2D eigenvalue weighted by atomic mass is 16.3. The summed E-state index contributed by atoms with van der Waals surface area (Å²) in [5.41, 5.74) is 0.291. The number of benzene rings is 2. The van der Waals surface area contributed by atoms with Crippen molar-refractivity contribution in [3.05, 3.63) is 48.0 Å². The maximum Gasteiger partial charge on any atom is 0.0871 e. The molecule has 1 heteroatoms. The molecule has 19 heavy (non-hydrogen) atoms. The molecule has 0 radical (unpaired) electrons. The first kappa shape index (κ1) is 14.1. The SMILES string of the molecule is CCC(CC)C[C@@](C)(O)c1ccc2ccccc2c1. The molecule has 2 rings (SSSR count). The van der Waals surface area contributed by atoms with Gasteiger partial charge in [-0.25, -0.2) is 0 Å². The van der Waals surface area contributed by atoms with Crippen LogP contribution in [0.1, 0.15) is 45.6 Å². The molecule has 2 aromatic rings. The van der Waals surface area contributed by atoms with E-state index in [9.17, 15) is 5.11 Å². The highest BCUT2D eigenvalue weighted by Gasteiger charge is 2.26. The fourth-order valence-electron chi connectivity index (χ4n) is 2.78. The summed E-state index contributed by atoms with van der Waals surface area (Å²) in [5.74, 6) is 0.585. The van der Waals surface area contributed by atoms with Gasteiger partial charge >= 0.3 is 0 Å². The zero-order valence-electron chi connectivity index (χ0n) is 12.2. The molecule has 0 heterocycles. The van der Waals surface area contributed by atoms with Gasteiger partial charge in [-0.3, -0.25) is 0 Å². The molecule has 1 N–H and O–H groups in total. The minimum Gasteiger partial charge on any atom is -0.385 e. The summed E-state index contributed by atoms with van der Waals surface area (Å²) < 4.78 is 0. The van der Waals surface area contributed by atoms with Crippen molar-refractivity contribution in [3.63, 3.8) is 0 Å². The van der Waals surface area contributed by atoms with Crippen LogP contribution in [0.15, 0.2) is 42.5 Å². The summed E-state index contributed by atoms with van der Waals surface area (Å²) in [6.45, 7) is 6.34. The quantitative estimate of drug-likeness (QED) is 0.809. The van der Waals surface area contributed by atoms with Gasteiger partial charge in [0.15, 0.2) is 0 Å². The second-order valence-electron chi connectivity index (χ2n) is 5.72. The third kappa shape index (κ3) is 3.16. The molecular weight excluding hydrogens is 232 g/mol. The fraction of sp³-hybridized carbons (Fsp3) is 0.444. The van der Waals surface area contributed by atoms with E-state index < -0.39 is 5.60 Å². The average Bonchev–Trinajstić information content (AvgIpc) is 2.44. The van der Waals surface area contributed by atoms with Gasteiger partial charge in [-0.2, -0.15) is 0 Å². The molecule has 0 aliphatic rings. The molecule has 1 nitrogen and oxygen atoms in total. The Balaban J connectivity index is 2.31. The monoisotopic (exact) mass is 256 g/mol. The molecule has 2 aromatic carbocycles. The van der Waals surface area contributed by atoms with Gasteiger partial charge in [0.1, 0.15) is 0 Å². The molecular formula is C18H24O. The van der Waals surface area contributed by atoms with Gasteiger partial charge in [0.2, 0.25) is 0 Å². The first-order valence-electron chi connectivity index (χ1n) is 7.28. The van der Waals surface area contributed by atoms with Crippen molar-refractivity contribution >= 4 is 10.8 Å². The van der Waals surface area contributed by atoms with Crippen LogP contribution in [0, 0.1) is 5.92 Å². The number of fused-ring (bicyclic) bond motifs is 1. The molecule has 0 aromatic heterocycles. The maximum atomic E-state index is 10.8. The first-order chi connectivity index (χ1) is 9.06. The molecule has 0 fully saturated rings. The molecule has 0 saturated heterocycles. The molecule has 102 valence electrons. The second-order valence-corrected chi connectivity index (χ2v) is 5.72. The Morgan fingerprint density at radius 3 is 2.26 bits per heavy atom. The third-order valence-corrected chi connectivity index (χ3v) is 4.21. The number of hydrogen-bond acceptors (Lipinski definition) is 1. The lowest BCUT2D eigenvalue weighted by Gasteiger charge is -2.28. The van der Waals surface area contributed by atoms with Crippen LogP contribution in [0.5, 0.6) is 0 Å². The highest BCUT2D eigenvalue weighted by molar-refractivity contribution is 5.83. The molecule has 0 amide bonds. The van der Waals surface area contributed by atoms with E-state index in [1.54, 1.807) is 0 Å². The zero-order valence-corrected chi connectivity index (χ0v) is 12.2. The predicted molar refractivity (Wildman–Crippen MR) is 82.2 cm³/mol. The predicted octanol–water partition coefficient (Wildman–Crippen LogP) is 4.87. The largest absolute Gasteiger partial charge is 0.385 e. The van der Waals surface area contributed by atoms with Crippen LogP contribution < -0.4 is 0 Å². The summed E-state index contributed by atoms with van der Waals surface area (Å²) in [4.78, 5) is 0. The second kappa shape index (κ2) is 5.75. The van der Waals surface area contributed by atoms with Crippen LogP contribution in [-0.2, 0) is 5.60 Å². The van der Waals surface area contributed by atoms with Crippen LogP contribution in [0.2, 0.25) is 0 Å². The first-order valence-corrected chi connectivity index (χ1v) is 7.28. The summed E-state index contributed by atoms with van der Waals surface area (Å²) in [6, 6.07) is 14.6. The topological polar surface area (TPSA) is 20.2 Å². The van der Waals surface area contributed by atoms with Crippen molar-refractivity contribution in [1.29, 1.82) is 0 Å². The molecule has 0 spiro atoms. The lowest BCUT2D eigenvalue weighted by atomic mass is 9.83. The number of rotatable bonds is 5. The number of aliphatic hydroxyl groups is 1. The van der Waals surface area contributed by atoms with Crippen LogP contribution in [0.3, 0.4) is 0 Å². The maximum absolute atomic E-state index is 10.8. The lowest BCUT2D eigenvalue weighted by molar-refractivity contribution is 0.0287. The Morgan fingerprint density at radius 1 is 1.00 bits per heavy atom. The van der Waals surface area contributed by atoms with E-state index in [-0.39, 0.29) is 0 Å². The normalized spacial score (nSPS) is 14.8. The van der Waals surface area contributed by atoms with E-state index in [0.29, 0.717) is 5.92 Å². The molecule has 0 bridgehead atoms. The van der Waals surface area contributed by atoms with Gasteiger partial charge in [0, 0.05) is 0 Å². The van der Waals surface area contributed by atoms with Gasteiger partial charge < -0.3 is 5.11 Å². The van der Waals surface area contributed by atoms with Crippen LogP contribution in [0.25, 0.3) is 10.8 Å². The molecule has 1 atom stereocenters. The van der Waals surface area contributed by atoms with Crippen LogP contribution in [0.4, 0.5) is 0 Å². The van der Waals surface area contributed by atoms with Gasteiger partial charge in [-0.05, 0) is 41.7 Å². The molecule has 0 aliphatic heterocycles. The Hall–Kier alpha value is -1.34. The van der Waals surface area contributed by atoms with E-state index in [0.717, 1.165) is 24.8 Å². The van der Waals surface area contributed by atoms with Crippen LogP contribution >= 0.6 is 0 Å². The third-order valence-electron chi connectivity index (χ3n) is 4.21. The van der Waals surface area contributed by atoms with Gasteiger partial charge in [-0.15, -0.1) is 0 Å². The number of hydrogen-bond donors (Lipinski definition) is 1. The molecule has 0 aliphatic carbocycles. The Labute approximate surface area is 116 Å². The van der Waals surface area contributed by atoms with Gasteiger partial charge in [0.05, 0.1) is 5.60 Å². The van der Waals surface area contributed by atoms with Crippen molar-refractivity contribution in [2.75, 3.05) is 0 Å². The summed E-state index contributed by atoms with van der Waals surface area (Å²) in [6.07, 6.45) is 3.08. The smallest absolute Gasteiger partial charge is 0.0871 e. The highest BCUT2D eigenvalue weighted by Crippen LogP contribution is 2.32. The van der Waals surface area contributed by atoms with E-state index in [1.807, 2.05) is 19.1 Å². The minimum atomic E-state index is -0.735. The van der Waals surface area contributed by atoms with Gasteiger partial charge in [0.25, 0.3) is 0 Å². The van der Waals surface area contributed by atoms with Gasteiger partial charge in [-0.1, -0.05) is 63.1 Å². The lowest BCUT2D eigenvalue weighted by Crippen LogP contribution is -2.24. The standard InChI is InChI=1S/C18H24O/c1-4-14(5-2)13-18(3,19)17-11-10-15-8-6-7-9-16(15)12-17/h6-12,14,19H,4-5,13H2,1-3H3/t18-/m1/s1. The molecule has 0 unspecified atom stereocenters. The van der Waals surface area contributed by atoms with E-state index in [1.165, 1.54) is 10.8 Å². The Morgan fingerprint density at radius 2 is 1.63 bits per heavy atom. The van der Waals surface area contributed by atoms with Crippen molar-refractivity contribution in [1.82, 2.24) is 0 Å². The Bertz CT molecular complexity index is 538. The Kier molecular flexibility index (Phi) is 4.26. The summed E-state index contributed by atoms with van der Waals surface area (Å²) in [7, 11) is 0. The van der Waals surface area contributed by atoms with Crippen molar-refractivity contribution in [2.45, 2.75) is 45.6 Å². The van der Waals surface area contributed by atoms with E-state index >= 15 is 0 Å². The van der Waals surface area contributed by atoms with Crippen molar-refractivity contribution in [3.8, 4) is 0 Å². The fourth-order valence-corrected chi connectivity index (χ4v) is 2.78. The van der Waals surface area contributed by atoms with Crippen LogP contribution in [-0.4, -0.2) is 5.11 Å². The average molecular weight is 256 g/mol.